The van der Waals surface area contributed by atoms with Crippen molar-refractivity contribution < 1.29 is 10.2 Å². The molecule has 0 fully saturated rings. The zero-order valence-electron chi connectivity index (χ0n) is 9.97. The minimum absolute atomic E-state index is 0.212. The van der Waals surface area contributed by atoms with Gasteiger partial charge in [0.25, 0.3) is 0 Å². The van der Waals surface area contributed by atoms with Crippen molar-refractivity contribution in [3.8, 4) is 5.75 Å². The van der Waals surface area contributed by atoms with Crippen molar-refractivity contribution in [1.29, 1.82) is 0 Å². The summed E-state index contributed by atoms with van der Waals surface area (Å²) in [6.45, 7) is 0. The zero-order valence-corrected chi connectivity index (χ0v) is 10.8. The maximum atomic E-state index is 9.75. The van der Waals surface area contributed by atoms with Crippen LogP contribution < -0.4 is 0 Å². The van der Waals surface area contributed by atoms with E-state index in [2.05, 4.69) is 4.98 Å². The minimum atomic E-state index is -0.212. The fourth-order valence-corrected chi connectivity index (χ4v) is 3.52. The van der Waals surface area contributed by atoms with Crippen molar-refractivity contribution in [2.45, 2.75) is 31.8 Å². The Morgan fingerprint density at radius 3 is 3.00 bits per heavy atom. The van der Waals surface area contributed by atoms with Gasteiger partial charge in [0.2, 0.25) is 0 Å². The summed E-state index contributed by atoms with van der Waals surface area (Å²) in [6.07, 6.45) is 2.87. The van der Waals surface area contributed by atoms with Crippen molar-refractivity contribution in [2.24, 2.45) is 0 Å². The maximum absolute atomic E-state index is 9.75. The first-order valence-corrected chi connectivity index (χ1v) is 6.96. The SMILES string of the molecule is Oc1ccccc1Cc1nc2c(s1)CC(O)CC2. The number of aliphatic hydroxyl groups is 1. The van der Waals surface area contributed by atoms with Crippen molar-refractivity contribution in [1.82, 2.24) is 4.98 Å². The summed E-state index contributed by atoms with van der Waals surface area (Å²) in [5.41, 5.74) is 2.04. The van der Waals surface area contributed by atoms with E-state index in [4.69, 9.17) is 0 Å². The number of thiazole rings is 1. The van der Waals surface area contributed by atoms with Crippen LogP contribution in [0.5, 0.6) is 5.75 Å². The lowest BCUT2D eigenvalue weighted by molar-refractivity contribution is 0.159. The summed E-state index contributed by atoms with van der Waals surface area (Å²) in [6, 6.07) is 7.37. The van der Waals surface area contributed by atoms with Crippen LogP contribution in [0.3, 0.4) is 0 Å². The second-order valence-corrected chi connectivity index (χ2v) is 5.85. The van der Waals surface area contributed by atoms with Gasteiger partial charge in [-0.05, 0) is 18.9 Å². The second-order valence-electron chi connectivity index (χ2n) is 4.68. The number of aromatic nitrogens is 1. The highest BCUT2D eigenvalue weighted by atomic mass is 32.1. The molecule has 3 rings (SSSR count). The first kappa shape index (κ1) is 11.7. The molecule has 1 atom stereocenters. The van der Waals surface area contributed by atoms with Gasteiger partial charge in [0.15, 0.2) is 0 Å². The number of rotatable bonds is 2. The molecule has 0 bridgehead atoms. The Hall–Kier alpha value is -1.39. The van der Waals surface area contributed by atoms with E-state index in [1.165, 1.54) is 4.88 Å². The van der Waals surface area contributed by atoms with Crippen LogP contribution >= 0.6 is 11.3 Å². The van der Waals surface area contributed by atoms with Gasteiger partial charge in [-0.2, -0.15) is 0 Å². The number of benzene rings is 1. The van der Waals surface area contributed by atoms with Crippen LogP contribution in [0.1, 0.15) is 27.6 Å². The molecule has 0 saturated carbocycles. The Balaban J connectivity index is 1.84. The fraction of sp³-hybridized carbons (Fsp3) is 0.357. The van der Waals surface area contributed by atoms with Crippen molar-refractivity contribution >= 4 is 11.3 Å². The number of aromatic hydroxyl groups is 1. The number of phenols is 1. The largest absolute Gasteiger partial charge is 0.508 e. The number of phenolic OH excluding ortho intramolecular Hbond substituents is 1. The highest BCUT2D eigenvalue weighted by molar-refractivity contribution is 7.11. The zero-order chi connectivity index (χ0) is 12.5. The molecule has 4 heteroatoms. The summed E-state index contributed by atoms with van der Waals surface area (Å²) >= 11 is 1.66. The molecule has 1 unspecified atom stereocenters. The van der Waals surface area contributed by atoms with E-state index >= 15 is 0 Å². The summed E-state index contributed by atoms with van der Waals surface area (Å²) in [4.78, 5) is 5.83. The lowest BCUT2D eigenvalue weighted by Crippen LogP contribution is -2.17. The standard InChI is InChI=1S/C14H15NO2S/c16-10-5-6-11-13(8-10)18-14(15-11)7-9-3-1-2-4-12(9)17/h1-4,10,16-17H,5-8H2. The first-order chi connectivity index (χ1) is 8.72. The van der Waals surface area contributed by atoms with Gasteiger partial charge in [0.1, 0.15) is 5.75 Å². The van der Waals surface area contributed by atoms with E-state index in [0.717, 1.165) is 35.5 Å². The maximum Gasteiger partial charge on any atom is 0.119 e. The van der Waals surface area contributed by atoms with Gasteiger partial charge in [0.05, 0.1) is 16.8 Å². The molecular weight excluding hydrogens is 246 g/mol. The number of hydrogen-bond donors (Lipinski definition) is 2. The molecule has 3 nitrogen and oxygen atoms in total. The molecule has 94 valence electrons. The quantitative estimate of drug-likeness (QED) is 0.872. The number of aliphatic hydroxyl groups excluding tert-OH is 1. The molecule has 0 aliphatic heterocycles. The number of fused-ring (bicyclic) bond motifs is 1. The predicted octanol–water partition coefficient (Wildman–Crippen LogP) is 2.29. The molecule has 18 heavy (non-hydrogen) atoms. The Kier molecular flexibility index (Phi) is 3.06. The number of hydrogen-bond acceptors (Lipinski definition) is 4. The van der Waals surface area contributed by atoms with E-state index in [-0.39, 0.29) is 6.10 Å². The monoisotopic (exact) mass is 261 g/mol. The van der Waals surface area contributed by atoms with Crippen LogP contribution in [0.2, 0.25) is 0 Å². The van der Waals surface area contributed by atoms with Gasteiger partial charge in [0, 0.05) is 23.3 Å². The smallest absolute Gasteiger partial charge is 0.119 e. The Bertz CT molecular complexity index is 565. The molecule has 2 N–H and O–H groups in total. The molecule has 0 radical (unpaired) electrons. The van der Waals surface area contributed by atoms with Crippen molar-refractivity contribution in [2.75, 3.05) is 0 Å². The molecule has 0 saturated heterocycles. The third-order valence-corrected chi connectivity index (χ3v) is 4.41. The average molecular weight is 261 g/mol. The normalized spacial score (nSPS) is 18.6. The lowest BCUT2D eigenvalue weighted by atomic mass is 10.0. The van der Waals surface area contributed by atoms with Gasteiger partial charge in [-0.1, -0.05) is 18.2 Å². The summed E-state index contributed by atoms with van der Waals surface area (Å²) in [5, 5.41) is 20.4. The van der Waals surface area contributed by atoms with Crippen LogP contribution in [0.4, 0.5) is 0 Å². The molecule has 1 aliphatic rings. The molecule has 0 spiro atoms. The number of nitrogens with zero attached hydrogens (tertiary/aromatic N) is 1. The summed E-state index contributed by atoms with van der Waals surface area (Å²) < 4.78 is 0. The van der Waals surface area contributed by atoms with Gasteiger partial charge in [-0.15, -0.1) is 11.3 Å². The molecule has 1 aromatic heterocycles. The molecular formula is C14H15NO2S. The average Bonchev–Trinajstić information content (AvgIpc) is 2.73. The van der Waals surface area contributed by atoms with Crippen molar-refractivity contribution in [3.63, 3.8) is 0 Å². The van der Waals surface area contributed by atoms with Gasteiger partial charge in [-0.3, -0.25) is 0 Å². The van der Waals surface area contributed by atoms with Gasteiger partial charge >= 0.3 is 0 Å². The third kappa shape index (κ3) is 2.26. The highest BCUT2D eigenvalue weighted by Gasteiger charge is 2.21. The summed E-state index contributed by atoms with van der Waals surface area (Å²) in [5.74, 6) is 0.325. The first-order valence-electron chi connectivity index (χ1n) is 6.15. The predicted molar refractivity (Wildman–Crippen MR) is 71.1 cm³/mol. The highest BCUT2D eigenvalue weighted by Crippen LogP contribution is 2.29. The minimum Gasteiger partial charge on any atom is -0.508 e. The van der Waals surface area contributed by atoms with Crippen LogP contribution in [0.15, 0.2) is 24.3 Å². The number of aryl methyl sites for hydroxylation is 1. The Morgan fingerprint density at radius 1 is 1.33 bits per heavy atom. The van der Waals surface area contributed by atoms with Crippen LogP contribution in [-0.4, -0.2) is 21.3 Å². The topological polar surface area (TPSA) is 53.4 Å². The molecule has 2 aromatic rings. The Labute approximate surface area is 110 Å². The van der Waals surface area contributed by atoms with E-state index < -0.39 is 0 Å². The van der Waals surface area contributed by atoms with Gasteiger partial charge < -0.3 is 10.2 Å². The van der Waals surface area contributed by atoms with E-state index in [0.29, 0.717) is 12.2 Å². The van der Waals surface area contributed by atoms with E-state index in [9.17, 15) is 10.2 Å². The second kappa shape index (κ2) is 4.71. The van der Waals surface area contributed by atoms with Crippen molar-refractivity contribution in [3.05, 3.63) is 45.4 Å². The van der Waals surface area contributed by atoms with Crippen LogP contribution in [0.25, 0.3) is 0 Å². The van der Waals surface area contributed by atoms with E-state index in [1.807, 2.05) is 18.2 Å². The van der Waals surface area contributed by atoms with Crippen LogP contribution in [0, 0.1) is 0 Å². The fourth-order valence-electron chi connectivity index (χ4n) is 2.31. The lowest BCUT2D eigenvalue weighted by Gasteiger charge is -2.14. The molecule has 1 aromatic carbocycles. The molecule has 1 aliphatic carbocycles. The van der Waals surface area contributed by atoms with Gasteiger partial charge in [-0.25, -0.2) is 4.98 Å². The van der Waals surface area contributed by atoms with Crippen LogP contribution in [-0.2, 0) is 19.3 Å². The number of para-hydroxylation sites is 1. The molecule has 0 amide bonds. The third-order valence-electron chi connectivity index (χ3n) is 3.29. The Morgan fingerprint density at radius 2 is 2.17 bits per heavy atom. The molecule has 1 heterocycles. The summed E-state index contributed by atoms with van der Waals surface area (Å²) in [7, 11) is 0. The van der Waals surface area contributed by atoms with E-state index in [1.54, 1.807) is 17.4 Å².